The number of hydrogen-bond donors (Lipinski definition) is 1. The molecule has 0 aromatic heterocycles. The minimum atomic E-state index is -0.314. The van der Waals surface area contributed by atoms with Crippen LogP contribution in [0.2, 0.25) is 0 Å². The number of ether oxygens (including phenoxy) is 5. The van der Waals surface area contributed by atoms with E-state index in [-0.39, 0.29) is 52.2 Å². The lowest BCUT2D eigenvalue weighted by Crippen LogP contribution is -2.45. The van der Waals surface area contributed by atoms with E-state index >= 15 is 0 Å². The Morgan fingerprint density at radius 1 is 0.364 bits per heavy atom. The number of hydrogen-bond acceptors (Lipinski definition) is 17. The number of fused-ring (bicyclic) bond motifs is 8. The molecule has 5 aliphatic rings. The molecular weight excluding hydrogens is 1630 g/mol. The molecule has 2 atom stereocenters. The number of unbranched alkanes of at least 4 members (excludes halogenated alkanes) is 7. The third kappa shape index (κ3) is 20.6. The van der Waals surface area contributed by atoms with Gasteiger partial charge < -0.3 is 58.2 Å². The van der Waals surface area contributed by atoms with Gasteiger partial charge in [-0.3, -0.25) is 38.8 Å². The van der Waals surface area contributed by atoms with Crippen LogP contribution in [0.4, 0.5) is 73.9 Å². The van der Waals surface area contributed by atoms with Gasteiger partial charge in [-0.2, -0.15) is 0 Å². The summed E-state index contributed by atoms with van der Waals surface area (Å²) in [6.45, 7) is 17.7. The summed E-state index contributed by atoms with van der Waals surface area (Å²) < 4.78 is 31.2. The first-order valence-electron chi connectivity index (χ1n) is 44.4. The Kier molecular flexibility index (Phi) is 27.9. The number of rotatable bonds is 23. The number of phenolic OH excluding ortho intramolecular Hbond substituents is 1. The second-order valence-electron chi connectivity index (χ2n) is 36.9. The average Bonchev–Trinajstić information content (AvgIpc) is 0.764. The highest BCUT2D eigenvalue weighted by molar-refractivity contribution is 7.99. The SMILES string of the molecule is CN(C)c1ccc2c(c1)Oc1cc(N(C)C)ccc1N2C(=O)c1ccc(OCCCCCCCCCCOc2ccc(C(=O)N3c4ccc(N(C)C)cc4Oc4cc(N(C)C)ccc43)cc2)cc1.CN(C)c1ccc2c(c1)Sc1cc(N(C)C)ccc1N2C(=O)c1ccccc1.Cc1ccc2c(c1)OC1=CC(C)C=CC1N2C(=O)c1cc(C(C)(C)C)c(O)c(C(C)(C)C)c1. The molecule has 0 radical (unpaired) electrons. The van der Waals surface area contributed by atoms with Crippen LogP contribution in [-0.2, 0) is 10.8 Å². The van der Waals surface area contributed by atoms with E-state index in [4.69, 9.17) is 23.7 Å². The van der Waals surface area contributed by atoms with E-state index in [1.54, 1.807) is 21.6 Å². The van der Waals surface area contributed by atoms with Gasteiger partial charge in [0.05, 0.1) is 53.0 Å². The summed E-state index contributed by atoms with van der Waals surface area (Å²) in [5.41, 5.74) is 16.0. The van der Waals surface area contributed by atoms with Gasteiger partial charge in [0, 0.05) is 186 Å². The molecule has 21 heteroatoms. The maximum atomic E-state index is 14.2. The zero-order chi connectivity index (χ0) is 92.0. The smallest absolute Gasteiger partial charge is 0.263 e. The number of benzene rings is 11. The van der Waals surface area contributed by atoms with E-state index in [9.17, 15) is 24.3 Å². The molecule has 2 unspecified atom stereocenters. The van der Waals surface area contributed by atoms with Gasteiger partial charge in [0.25, 0.3) is 23.6 Å². The zero-order valence-corrected chi connectivity index (χ0v) is 79.1. The lowest BCUT2D eigenvalue weighted by molar-refractivity contribution is 0.0970. The summed E-state index contributed by atoms with van der Waals surface area (Å²) in [6, 6.07) is 69.8. The van der Waals surface area contributed by atoms with Crippen LogP contribution in [0.25, 0.3) is 0 Å². The van der Waals surface area contributed by atoms with Gasteiger partial charge in [0.15, 0.2) is 28.7 Å². The first kappa shape index (κ1) is 91.9. The second kappa shape index (κ2) is 39.1. The molecule has 0 spiro atoms. The molecule has 4 aliphatic heterocycles. The predicted octanol–water partition coefficient (Wildman–Crippen LogP) is 24.8. The number of anilines is 13. The average molecular weight is 1750 g/mol. The van der Waals surface area contributed by atoms with Crippen LogP contribution in [-0.4, -0.2) is 133 Å². The molecule has 0 saturated carbocycles. The van der Waals surface area contributed by atoms with Crippen LogP contribution < -0.4 is 72.7 Å². The van der Waals surface area contributed by atoms with E-state index in [1.807, 2.05) is 315 Å². The van der Waals surface area contributed by atoms with Gasteiger partial charge in [0.2, 0.25) is 0 Å². The Morgan fingerprint density at radius 2 is 0.698 bits per heavy atom. The topological polar surface area (TPSA) is 167 Å². The Hall–Kier alpha value is -13.3. The van der Waals surface area contributed by atoms with Gasteiger partial charge >= 0.3 is 0 Å². The largest absolute Gasteiger partial charge is 0.507 e. The van der Waals surface area contributed by atoms with Crippen molar-refractivity contribution in [2.24, 2.45) is 5.92 Å². The molecule has 670 valence electrons. The van der Waals surface area contributed by atoms with Crippen molar-refractivity contribution in [3.8, 4) is 46.0 Å². The first-order chi connectivity index (χ1) is 61.6. The highest BCUT2D eigenvalue weighted by atomic mass is 32.2. The van der Waals surface area contributed by atoms with Crippen molar-refractivity contribution in [1.82, 2.24) is 0 Å². The van der Waals surface area contributed by atoms with Crippen LogP contribution in [0.15, 0.2) is 252 Å². The number of carbonyl (C=O) groups is 4. The zero-order valence-electron chi connectivity index (χ0n) is 78.2. The molecular formula is C108H122N10O10S. The molecule has 1 aliphatic carbocycles. The van der Waals surface area contributed by atoms with Crippen molar-refractivity contribution in [3.05, 3.63) is 281 Å². The number of amides is 4. The van der Waals surface area contributed by atoms with Crippen LogP contribution in [0.3, 0.4) is 0 Å². The molecule has 16 rings (SSSR count). The molecule has 0 saturated heterocycles. The summed E-state index contributed by atoms with van der Waals surface area (Å²) in [6.07, 6.45) is 15.1. The van der Waals surface area contributed by atoms with Crippen molar-refractivity contribution in [3.63, 3.8) is 0 Å². The summed E-state index contributed by atoms with van der Waals surface area (Å²) in [5, 5.41) is 11.1. The molecule has 11 aromatic carbocycles. The molecule has 4 amide bonds. The van der Waals surface area contributed by atoms with E-state index in [1.165, 1.54) is 25.7 Å². The summed E-state index contributed by atoms with van der Waals surface area (Å²) >= 11 is 1.71. The summed E-state index contributed by atoms with van der Waals surface area (Å²) in [4.78, 5) is 77.5. The maximum Gasteiger partial charge on any atom is 0.263 e. The Bertz CT molecular complexity index is 5620. The van der Waals surface area contributed by atoms with Crippen molar-refractivity contribution < 1.29 is 48.0 Å². The Labute approximate surface area is 766 Å². The van der Waals surface area contributed by atoms with E-state index in [2.05, 4.69) is 101 Å². The van der Waals surface area contributed by atoms with E-state index < -0.39 is 0 Å². The van der Waals surface area contributed by atoms with Crippen LogP contribution >= 0.6 is 11.8 Å². The number of nitrogens with zero attached hydrogens (tertiary/aromatic N) is 10. The highest BCUT2D eigenvalue weighted by Crippen LogP contribution is 2.55. The molecule has 0 fully saturated rings. The third-order valence-corrected chi connectivity index (χ3v) is 24.8. The van der Waals surface area contributed by atoms with Crippen molar-refractivity contribution in [2.45, 2.75) is 133 Å². The summed E-state index contributed by atoms with van der Waals surface area (Å²) in [7, 11) is 24.0. The molecule has 11 aromatic rings. The Morgan fingerprint density at radius 3 is 1.07 bits per heavy atom. The first-order valence-corrected chi connectivity index (χ1v) is 45.3. The number of aryl methyl sites for hydroxylation is 1. The molecule has 0 bridgehead atoms. The van der Waals surface area contributed by atoms with Crippen molar-refractivity contribution in [1.29, 1.82) is 0 Å². The second-order valence-corrected chi connectivity index (χ2v) is 38.0. The van der Waals surface area contributed by atoms with Crippen LogP contribution in [0, 0.1) is 12.8 Å². The third-order valence-electron chi connectivity index (χ3n) is 23.7. The number of aromatic hydroxyl groups is 1. The fourth-order valence-electron chi connectivity index (χ4n) is 16.2. The van der Waals surface area contributed by atoms with Crippen molar-refractivity contribution in [2.75, 3.05) is 147 Å². The molecule has 1 N–H and O–H groups in total. The Balaban J connectivity index is 0.000000181. The van der Waals surface area contributed by atoms with Gasteiger partial charge in [-0.25, -0.2) is 0 Å². The standard InChI is InChI=1S/C56H64N6O6.C29H35NO3.C23H23N3OS/c1-57(2)41-21-29-47-51(35-41)67-52-36-42(58(3)4)22-30-48(52)61(47)55(63)39-17-25-45(26-18-39)65-33-15-13-11-9-10-12-14-16-34-66-46-27-19-40(20-28-46)56(64)62-49-31-23-43(59(5)6)37-53(49)68-54-38-44(60(7)8)24-32-50(54)62;1-17-9-11-22-24(13-17)33-25-14-18(2)10-12-23(25)30(22)27(32)19-15-20(28(3,4)5)26(31)21(16-19)29(6,7)8;1-24(2)17-10-12-19-21(14-17)28-22-15-18(25(3)4)11-13-20(22)26(19)23(27)16-8-6-5-7-9-16/h17-32,35-38H,9-16,33-34H2,1-8H3;9-17,22,31H,1-8H3;5-15H,1-4H3. The van der Waals surface area contributed by atoms with Gasteiger partial charge in [0.1, 0.15) is 29.0 Å². The van der Waals surface area contributed by atoms with E-state index in [0.29, 0.717) is 87.0 Å². The fourth-order valence-corrected chi connectivity index (χ4v) is 17.4. The van der Waals surface area contributed by atoms with Crippen molar-refractivity contribution >= 4 is 109 Å². The van der Waals surface area contributed by atoms with E-state index in [0.717, 1.165) is 121 Å². The molecule has 4 heterocycles. The monoisotopic (exact) mass is 1750 g/mol. The minimum Gasteiger partial charge on any atom is -0.507 e. The predicted molar refractivity (Wildman–Crippen MR) is 530 cm³/mol. The van der Waals surface area contributed by atoms with Crippen LogP contribution in [0.5, 0.6) is 46.0 Å². The summed E-state index contributed by atoms with van der Waals surface area (Å²) in [5.74, 6) is 5.66. The van der Waals surface area contributed by atoms with Gasteiger partial charge in [-0.15, -0.1) is 0 Å². The fraction of sp³-hybridized carbons (Fsp3) is 0.315. The molecule has 20 nitrogen and oxygen atoms in total. The van der Waals surface area contributed by atoms with Gasteiger partial charge in [-0.05, 0) is 218 Å². The number of allylic oxidation sites excluding steroid dienone is 2. The van der Waals surface area contributed by atoms with Crippen LogP contribution in [0.1, 0.15) is 158 Å². The number of carbonyl (C=O) groups excluding carboxylic acids is 4. The minimum absolute atomic E-state index is 0.0152. The van der Waals surface area contributed by atoms with Gasteiger partial charge in [-0.1, -0.05) is 135 Å². The normalized spacial score (nSPS) is 14.2. The maximum absolute atomic E-state index is 14.2. The number of phenols is 1. The highest BCUT2D eigenvalue weighted by Gasteiger charge is 2.40. The lowest BCUT2D eigenvalue weighted by atomic mass is 9.78. The lowest BCUT2D eigenvalue weighted by Gasteiger charge is -2.39. The quantitative estimate of drug-likeness (QED) is 0.0474. The molecule has 129 heavy (non-hydrogen) atoms.